The van der Waals surface area contributed by atoms with Crippen LogP contribution in [0.1, 0.15) is 10.5 Å². The minimum atomic E-state index is 0.683. The van der Waals surface area contributed by atoms with Crippen molar-refractivity contribution in [3.8, 4) is 0 Å². The van der Waals surface area contributed by atoms with Crippen LogP contribution in [0.25, 0.3) is 4.96 Å². The summed E-state index contributed by atoms with van der Waals surface area (Å²) in [5.74, 6) is 3.08. The molecule has 3 rings (SSSR count). The first-order valence-corrected chi connectivity index (χ1v) is 7.17. The molecule has 0 aliphatic carbocycles. The van der Waals surface area contributed by atoms with Gasteiger partial charge in [0.25, 0.3) is 0 Å². The second-order valence-electron chi connectivity index (χ2n) is 3.59. The minimum Gasteiger partial charge on any atom is -0.353 e. The van der Waals surface area contributed by atoms with Crippen LogP contribution in [0.2, 0.25) is 0 Å². The summed E-state index contributed by atoms with van der Waals surface area (Å²) >= 11 is 3.52. The molecule has 0 amide bonds. The van der Waals surface area contributed by atoms with Gasteiger partial charge in [0, 0.05) is 36.2 Å². The second-order valence-corrected chi connectivity index (χ2v) is 5.69. The van der Waals surface area contributed by atoms with Crippen LogP contribution in [0.5, 0.6) is 0 Å². The third-order valence-corrected chi connectivity index (χ3v) is 4.40. The summed E-state index contributed by atoms with van der Waals surface area (Å²) in [6, 6.07) is 0. The highest BCUT2D eigenvalue weighted by Crippen LogP contribution is 2.25. The second kappa shape index (κ2) is 4.10. The molecule has 1 aliphatic rings. The predicted molar refractivity (Wildman–Crippen MR) is 68.0 cm³/mol. The highest BCUT2D eigenvalue weighted by molar-refractivity contribution is 7.99. The zero-order chi connectivity index (χ0) is 11.0. The number of carbonyl (C=O) groups is 1. The number of anilines is 1. The van der Waals surface area contributed by atoms with Gasteiger partial charge in [0.1, 0.15) is 5.69 Å². The first kappa shape index (κ1) is 10.2. The number of thiazole rings is 1. The number of hydrogen-bond acceptors (Lipinski definition) is 5. The van der Waals surface area contributed by atoms with E-state index in [0.29, 0.717) is 5.69 Å². The molecular weight excluding hydrogens is 242 g/mol. The number of carbonyl (C=O) groups excluding carboxylic acids is 1. The van der Waals surface area contributed by atoms with E-state index in [-0.39, 0.29) is 0 Å². The number of hydrogen-bond donors (Lipinski definition) is 0. The van der Waals surface area contributed by atoms with E-state index < -0.39 is 0 Å². The molecule has 6 heteroatoms. The van der Waals surface area contributed by atoms with Gasteiger partial charge in [-0.15, -0.1) is 11.3 Å². The number of aldehydes is 1. The molecule has 16 heavy (non-hydrogen) atoms. The van der Waals surface area contributed by atoms with Gasteiger partial charge in [0.2, 0.25) is 0 Å². The molecule has 0 aromatic carbocycles. The summed E-state index contributed by atoms with van der Waals surface area (Å²) < 4.78 is 1.87. The van der Waals surface area contributed by atoms with Crippen molar-refractivity contribution in [1.29, 1.82) is 0 Å². The van der Waals surface area contributed by atoms with Crippen LogP contribution in [0.15, 0.2) is 11.6 Å². The average Bonchev–Trinajstić information content (AvgIpc) is 2.89. The standard InChI is InChI=1S/C10H11N3OS2/c14-7-8-9(12-1-4-15-5-2-12)11-10-13(8)3-6-16-10/h3,6-7H,1-2,4-5H2. The number of imidazole rings is 1. The lowest BCUT2D eigenvalue weighted by molar-refractivity contribution is 0.111. The Morgan fingerprint density at radius 2 is 2.19 bits per heavy atom. The Bertz CT molecular complexity index is 513. The van der Waals surface area contributed by atoms with E-state index in [1.807, 2.05) is 27.7 Å². The zero-order valence-corrected chi connectivity index (χ0v) is 10.3. The van der Waals surface area contributed by atoms with Crippen LogP contribution in [-0.4, -0.2) is 40.3 Å². The molecule has 4 nitrogen and oxygen atoms in total. The van der Waals surface area contributed by atoms with Crippen molar-refractivity contribution in [1.82, 2.24) is 9.38 Å². The lowest BCUT2D eigenvalue weighted by Crippen LogP contribution is -2.33. The molecule has 0 radical (unpaired) electrons. The van der Waals surface area contributed by atoms with E-state index in [1.54, 1.807) is 11.3 Å². The van der Waals surface area contributed by atoms with Crippen molar-refractivity contribution >= 4 is 40.2 Å². The fourth-order valence-corrected chi connectivity index (χ4v) is 3.53. The van der Waals surface area contributed by atoms with Gasteiger partial charge in [0.15, 0.2) is 17.1 Å². The first-order chi connectivity index (χ1) is 7.90. The third-order valence-electron chi connectivity index (χ3n) is 2.70. The molecule has 0 bridgehead atoms. The largest absolute Gasteiger partial charge is 0.353 e. The summed E-state index contributed by atoms with van der Waals surface area (Å²) in [6.07, 6.45) is 2.81. The van der Waals surface area contributed by atoms with E-state index in [4.69, 9.17) is 0 Å². The van der Waals surface area contributed by atoms with E-state index in [9.17, 15) is 4.79 Å². The van der Waals surface area contributed by atoms with Gasteiger partial charge in [0.05, 0.1) is 0 Å². The van der Waals surface area contributed by atoms with Crippen LogP contribution in [-0.2, 0) is 0 Å². The smallest absolute Gasteiger partial charge is 0.196 e. The Morgan fingerprint density at radius 1 is 1.38 bits per heavy atom. The SMILES string of the molecule is O=Cc1c(N2CCSCC2)nc2sccn12. The van der Waals surface area contributed by atoms with Gasteiger partial charge in [-0.1, -0.05) is 0 Å². The van der Waals surface area contributed by atoms with E-state index >= 15 is 0 Å². The Kier molecular flexibility index (Phi) is 2.61. The fourth-order valence-electron chi connectivity index (χ4n) is 1.91. The Morgan fingerprint density at radius 3 is 2.94 bits per heavy atom. The van der Waals surface area contributed by atoms with Crippen molar-refractivity contribution in [2.75, 3.05) is 29.5 Å². The van der Waals surface area contributed by atoms with Crippen molar-refractivity contribution in [2.45, 2.75) is 0 Å². The maximum Gasteiger partial charge on any atom is 0.196 e. The Labute approximate surface area is 101 Å². The molecule has 1 saturated heterocycles. The molecule has 1 aliphatic heterocycles. The number of fused-ring (bicyclic) bond motifs is 1. The monoisotopic (exact) mass is 253 g/mol. The van der Waals surface area contributed by atoms with Crippen LogP contribution in [0, 0.1) is 0 Å². The van der Waals surface area contributed by atoms with E-state index in [1.165, 1.54) is 0 Å². The molecular formula is C10H11N3OS2. The molecule has 2 aromatic rings. The Balaban J connectivity index is 2.07. The highest BCUT2D eigenvalue weighted by atomic mass is 32.2. The van der Waals surface area contributed by atoms with Crippen LogP contribution in [0.4, 0.5) is 5.82 Å². The quantitative estimate of drug-likeness (QED) is 0.764. The van der Waals surface area contributed by atoms with Crippen LogP contribution in [0.3, 0.4) is 0 Å². The van der Waals surface area contributed by atoms with Gasteiger partial charge < -0.3 is 4.90 Å². The number of aromatic nitrogens is 2. The molecule has 84 valence electrons. The molecule has 0 unspecified atom stereocenters. The molecule has 0 atom stereocenters. The van der Waals surface area contributed by atoms with E-state index in [0.717, 1.165) is 41.7 Å². The molecule has 0 N–H and O–H groups in total. The van der Waals surface area contributed by atoms with Crippen molar-refractivity contribution in [2.24, 2.45) is 0 Å². The van der Waals surface area contributed by atoms with Gasteiger partial charge in [-0.3, -0.25) is 9.20 Å². The van der Waals surface area contributed by atoms with Crippen LogP contribution < -0.4 is 4.90 Å². The van der Waals surface area contributed by atoms with Crippen molar-refractivity contribution in [3.05, 3.63) is 17.3 Å². The molecule has 2 aromatic heterocycles. The normalized spacial score (nSPS) is 16.9. The van der Waals surface area contributed by atoms with E-state index in [2.05, 4.69) is 9.88 Å². The molecule has 0 spiro atoms. The minimum absolute atomic E-state index is 0.683. The number of nitrogens with zero attached hydrogens (tertiary/aromatic N) is 3. The fraction of sp³-hybridized carbons (Fsp3) is 0.400. The average molecular weight is 253 g/mol. The lowest BCUT2D eigenvalue weighted by Gasteiger charge is -2.26. The maximum absolute atomic E-state index is 11.2. The van der Waals surface area contributed by atoms with Crippen molar-refractivity contribution in [3.63, 3.8) is 0 Å². The summed E-state index contributed by atoms with van der Waals surface area (Å²) in [7, 11) is 0. The number of thioether (sulfide) groups is 1. The molecule has 0 saturated carbocycles. The molecule has 1 fully saturated rings. The highest BCUT2D eigenvalue weighted by Gasteiger charge is 2.20. The Hall–Kier alpha value is -1.01. The molecule has 3 heterocycles. The topological polar surface area (TPSA) is 37.6 Å². The lowest BCUT2D eigenvalue weighted by atomic mass is 10.4. The van der Waals surface area contributed by atoms with Gasteiger partial charge in [-0.2, -0.15) is 11.8 Å². The van der Waals surface area contributed by atoms with Gasteiger partial charge in [-0.05, 0) is 0 Å². The number of rotatable bonds is 2. The predicted octanol–water partition coefficient (Wildman–Crippen LogP) is 1.76. The first-order valence-electron chi connectivity index (χ1n) is 5.13. The zero-order valence-electron chi connectivity index (χ0n) is 8.63. The third kappa shape index (κ3) is 1.53. The van der Waals surface area contributed by atoms with Crippen LogP contribution >= 0.6 is 23.1 Å². The summed E-state index contributed by atoms with van der Waals surface area (Å²) in [6.45, 7) is 1.96. The summed E-state index contributed by atoms with van der Waals surface area (Å²) in [4.78, 5) is 18.8. The van der Waals surface area contributed by atoms with Crippen molar-refractivity contribution < 1.29 is 4.79 Å². The summed E-state index contributed by atoms with van der Waals surface area (Å²) in [5.41, 5.74) is 0.683. The maximum atomic E-state index is 11.2. The van der Waals surface area contributed by atoms with Gasteiger partial charge >= 0.3 is 0 Å². The van der Waals surface area contributed by atoms with Gasteiger partial charge in [-0.25, -0.2) is 4.98 Å². The summed E-state index contributed by atoms with van der Waals surface area (Å²) in [5, 5.41) is 1.95.